The summed E-state index contributed by atoms with van der Waals surface area (Å²) in [4.78, 5) is 11.6. The average Bonchev–Trinajstić information content (AvgIpc) is 2.81. The molecule has 0 radical (unpaired) electrons. The Hall–Kier alpha value is -1.74. The lowest BCUT2D eigenvalue weighted by molar-refractivity contribution is -0.136. The molecule has 0 aliphatic heterocycles. The molecule has 0 atom stereocenters. The van der Waals surface area contributed by atoms with Gasteiger partial charge in [0.05, 0.1) is 26.2 Å². The number of carbonyl (C=O) groups is 1. The van der Waals surface area contributed by atoms with Crippen molar-refractivity contribution in [2.75, 3.05) is 26.4 Å². The molecule has 0 fully saturated rings. The number of hydrogen-bond acceptors (Lipinski definition) is 4. The molecule has 4 nitrogen and oxygen atoms in total. The van der Waals surface area contributed by atoms with Crippen LogP contribution >= 0.6 is 0 Å². The maximum absolute atomic E-state index is 13.5. The van der Waals surface area contributed by atoms with Crippen molar-refractivity contribution in [3.63, 3.8) is 0 Å². The normalized spacial score (nSPS) is 11.2. The molecule has 33 heavy (non-hydrogen) atoms. The summed E-state index contributed by atoms with van der Waals surface area (Å²) in [6.07, 6.45) is 13.3. The molecule has 0 saturated carbocycles. The zero-order valence-corrected chi connectivity index (χ0v) is 19.3. The van der Waals surface area contributed by atoms with E-state index >= 15 is 0 Å². The number of ether oxygens (including phenoxy) is 3. The van der Waals surface area contributed by atoms with Crippen molar-refractivity contribution in [3.05, 3.63) is 29.1 Å². The first kappa shape index (κ1) is 29.3. The van der Waals surface area contributed by atoms with Crippen molar-refractivity contribution in [3.8, 4) is 5.75 Å². The van der Waals surface area contributed by atoms with Gasteiger partial charge >= 0.3 is 5.97 Å². The Kier molecular flexibility index (Phi) is 15.7. The van der Waals surface area contributed by atoms with Gasteiger partial charge in [0.1, 0.15) is 0 Å². The fourth-order valence-corrected chi connectivity index (χ4v) is 3.19. The third-order valence-electron chi connectivity index (χ3n) is 5.10. The molecule has 0 aliphatic rings. The molecule has 1 rings (SSSR count). The maximum Gasteiger partial charge on any atom is 0.313 e. The van der Waals surface area contributed by atoms with Crippen LogP contribution < -0.4 is 4.74 Å². The topological polar surface area (TPSA) is 44.8 Å². The van der Waals surface area contributed by atoms with E-state index in [0.717, 1.165) is 12.8 Å². The van der Waals surface area contributed by atoms with Gasteiger partial charge in [-0.05, 0) is 6.42 Å². The minimum Gasteiger partial charge on any atom is -0.420 e. The van der Waals surface area contributed by atoms with Crippen LogP contribution in [0.5, 0.6) is 5.75 Å². The van der Waals surface area contributed by atoms with Crippen molar-refractivity contribution in [2.45, 2.75) is 84.0 Å². The van der Waals surface area contributed by atoms with Crippen LogP contribution in [0, 0.1) is 29.1 Å². The van der Waals surface area contributed by atoms with Crippen molar-refractivity contribution in [1.29, 1.82) is 0 Å². The van der Waals surface area contributed by atoms with Crippen LogP contribution in [0.3, 0.4) is 0 Å². The highest BCUT2D eigenvalue weighted by atomic mass is 19.2. The average molecular weight is 483 g/mol. The van der Waals surface area contributed by atoms with Gasteiger partial charge < -0.3 is 14.2 Å². The van der Waals surface area contributed by atoms with Crippen LogP contribution in [0.25, 0.3) is 0 Å². The quantitative estimate of drug-likeness (QED) is 0.0531. The molecule has 0 aromatic heterocycles. The first-order valence-corrected chi connectivity index (χ1v) is 11.8. The zero-order valence-electron chi connectivity index (χ0n) is 19.3. The van der Waals surface area contributed by atoms with Crippen molar-refractivity contribution >= 4 is 5.97 Å². The Labute approximate surface area is 192 Å². The number of benzene rings is 1. The second kappa shape index (κ2) is 17.7. The highest BCUT2D eigenvalue weighted by Gasteiger charge is 2.28. The van der Waals surface area contributed by atoms with Gasteiger partial charge in [-0.2, -0.15) is 8.78 Å². The van der Waals surface area contributed by atoms with E-state index in [0.29, 0.717) is 13.2 Å². The minimum absolute atomic E-state index is 0.143. The zero-order chi connectivity index (χ0) is 24.5. The summed E-state index contributed by atoms with van der Waals surface area (Å²) in [5.41, 5.74) is 0. The third-order valence-corrected chi connectivity index (χ3v) is 5.10. The number of hydrogen-bond donors (Lipinski definition) is 0. The van der Waals surface area contributed by atoms with Gasteiger partial charge in [0, 0.05) is 6.61 Å². The Morgan fingerprint density at radius 3 is 1.52 bits per heavy atom. The minimum atomic E-state index is -2.32. The fraction of sp³-hybridized carbons (Fsp3) is 0.708. The largest absolute Gasteiger partial charge is 0.420 e. The van der Waals surface area contributed by atoms with Gasteiger partial charge in [0.15, 0.2) is 0 Å². The summed E-state index contributed by atoms with van der Waals surface area (Å²) in [5, 5.41) is 0. The molecule has 190 valence electrons. The Morgan fingerprint density at radius 2 is 1.00 bits per heavy atom. The van der Waals surface area contributed by atoms with Gasteiger partial charge in [-0.3, -0.25) is 4.79 Å². The number of rotatable bonds is 19. The molecular weight excluding hydrogens is 447 g/mol. The second-order valence-electron chi connectivity index (χ2n) is 7.88. The number of halogens is 5. The monoisotopic (exact) mass is 482 g/mol. The third kappa shape index (κ3) is 11.8. The lowest BCUT2D eigenvalue weighted by Crippen LogP contribution is -2.16. The molecule has 0 bridgehead atoms. The van der Waals surface area contributed by atoms with Crippen molar-refractivity contribution < 1.29 is 41.0 Å². The highest BCUT2D eigenvalue weighted by molar-refractivity contribution is 5.72. The van der Waals surface area contributed by atoms with E-state index in [9.17, 15) is 26.7 Å². The van der Waals surface area contributed by atoms with E-state index < -0.39 is 47.2 Å². The summed E-state index contributed by atoms with van der Waals surface area (Å²) >= 11 is 0. The van der Waals surface area contributed by atoms with Crippen LogP contribution in [-0.2, 0) is 14.3 Å². The van der Waals surface area contributed by atoms with E-state index in [2.05, 4.69) is 11.7 Å². The Balaban J connectivity index is 1.99. The second-order valence-corrected chi connectivity index (χ2v) is 7.88. The first-order valence-electron chi connectivity index (χ1n) is 11.8. The van der Waals surface area contributed by atoms with Gasteiger partial charge in [-0.1, -0.05) is 71.1 Å². The van der Waals surface area contributed by atoms with Crippen LogP contribution in [0.4, 0.5) is 22.0 Å². The van der Waals surface area contributed by atoms with Gasteiger partial charge in [0.2, 0.25) is 34.8 Å². The molecule has 0 N–H and O–H groups in total. The number of unbranched alkanes of at least 4 members (excludes halogenated alkanes) is 10. The lowest BCUT2D eigenvalue weighted by Gasteiger charge is -2.09. The van der Waals surface area contributed by atoms with E-state index in [1.807, 2.05) is 0 Å². The van der Waals surface area contributed by atoms with Crippen LogP contribution in [0.2, 0.25) is 0 Å². The molecule has 1 aromatic rings. The molecule has 9 heteroatoms. The molecule has 0 heterocycles. The molecule has 0 aliphatic carbocycles. The van der Waals surface area contributed by atoms with Crippen LogP contribution in [0.1, 0.15) is 84.0 Å². The fourth-order valence-electron chi connectivity index (χ4n) is 3.19. The van der Waals surface area contributed by atoms with Crippen LogP contribution in [0.15, 0.2) is 0 Å². The summed E-state index contributed by atoms with van der Waals surface area (Å²) in [7, 11) is 0. The van der Waals surface area contributed by atoms with E-state index in [-0.39, 0.29) is 13.2 Å². The van der Waals surface area contributed by atoms with Crippen molar-refractivity contribution in [1.82, 2.24) is 0 Å². The van der Waals surface area contributed by atoms with Gasteiger partial charge in [-0.15, -0.1) is 0 Å². The predicted molar refractivity (Wildman–Crippen MR) is 115 cm³/mol. The molecule has 1 aromatic carbocycles. The predicted octanol–water partition coefficient (Wildman–Crippen LogP) is 7.02. The SMILES string of the molecule is CCCCCCCCCCCCCOCCOCCC(=O)Oc1c(F)c(F)c(F)c(F)c1F. The van der Waals surface area contributed by atoms with E-state index in [4.69, 9.17) is 9.47 Å². The van der Waals surface area contributed by atoms with E-state index in [1.165, 1.54) is 57.8 Å². The van der Waals surface area contributed by atoms with Gasteiger partial charge in [-0.25, -0.2) is 13.2 Å². The standard InChI is InChI=1S/C24H35F5O4/c1-2-3-4-5-6-7-8-9-10-11-12-14-31-16-17-32-15-13-18(30)33-24-22(28)20(26)19(25)21(27)23(24)29/h2-17H2,1H3. The molecule has 0 spiro atoms. The number of esters is 1. The highest BCUT2D eigenvalue weighted by Crippen LogP contribution is 2.29. The maximum atomic E-state index is 13.5. The summed E-state index contributed by atoms with van der Waals surface area (Å²) in [6.45, 7) is 3.22. The number of carbonyl (C=O) groups excluding carboxylic acids is 1. The smallest absolute Gasteiger partial charge is 0.313 e. The van der Waals surface area contributed by atoms with Crippen molar-refractivity contribution in [2.24, 2.45) is 0 Å². The molecule has 0 unspecified atom stereocenters. The van der Waals surface area contributed by atoms with Crippen LogP contribution in [-0.4, -0.2) is 32.4 Å². The Morgan fingerprint density at radius 1 is 0.576 bits per heavy atom. The first-order chi connectivity index (χ1) is 15.9. The summed E-state index contributed by atoms with van der Waals surface area (Å²) in [5.74, 6) is -13.9. The van der Waals surface area contributed by atoms with Gasteiger partial charge in [0.25, 0.3) is 0 Å². The summed E-state index contributed by atoms with van der Waals surface area (Å²) < 4.78 is 80.9. The molecular formula is C24H35F5O4. The molecule has 0 saturated heterocycles. The summed E-state index contributed by atoms with van der Waals surface area (Å²) in [6, 6.07) is 0. The Bertz CT molecular complexity index is 671. The lowest BCUT2D eigenvalue weighted by atomic mass is 10.1. The molecule has 0 amide bonds. The van der Waals surface area contributed by atoms with E-state index in [1.54, 1.807) is 0 Å².